The van der Waals surface area contributed by atoms with Crippen LogP contribution in [0, 0.1) is 0 Å². The summed E-state index contributed by atoms with van der Waals surface area (Å²) in [6.07, 6.45) is 1.53. The molecule has 1 rings (SSSR count). The van der Waals surface area contributed by atoms with Crippen molar-refractivity contribution >= 4 is 5.97 Å². The van der Waals surface area contributed by atoms with Gasteiger partial charge >= 0.3 is 0 Å². The lowest BCUT2D eigenvalue weighted by Crippen LogP contribution is -1.78. The van der Waals surface area contributed by atoms with E-state index in [0.29, 0.717) is 5.76 Å². The highest BCUT2D eigenvalue weighted by molar-refractivity contribution is 5.62. The number of aliphatic hydroxyl groups is 1. The summed E-state index contributed by atoms with van der Waals surface area (Å²) in [6, 6.07) is 3.46. The van der Waals surface area contributed by atoms with Crippen molar-refractivity contribution in [1.29, 1.82) is 0 Å². The van der Waals surface area contributed by atoms with Crippen LogP contribution in [-0.4, -0.2) is 16.2 Å². The van der Waals surface area contributed by atoms with Crippen LogP contribution in [0.15, 0.2) is 22.8 Å². The number of hydrogen-bond donors (Lipinski definition) is 2. The number of furan rings is 1. The fourth-order valence-corrected chi connectivity index (χ4v) is 0.403. The highest BCUT2D eigenvalue weighted by Gasteiger charge is 1.85. The van der Waals surface area contributed by atoms with Crippen molar-refractivity contribution < 1.29 is 19.4 Å². The van der Waals surface area contributed by atoms with Gasteiger partial charge in [0, 0.05) is 6.92 Å². The molecule has 0 fully saturated rings. The third kappa shape index (κ3) is 6.60. The molecule has 11 heavy (non-hydrogen) atoms. The number of rotatable bonds is 1. The number of aliphatic carboxylic acids is 1. The average molecular weight is 158 g/mol. The summed E-state index contributed by atoms with van der Waals surface area (Å²) in [5, 5.41) is 15.7. The van der Waals surface area contributed by atoms with Crippen molar-refractivity contribution in [2.45, 2.75) is 13.5 Å². The molecule has 0 saturated heterocycles. The number of carboxylic acid groups (broad SMARTS) is 1. The Kier molecular flexibility index (Phi) is 4.85. The van der Waals surface area contributed by atoms with Crippen LogP contribution in [0.4, 0.5) is 0 Å². The van der Waals surface area contributed by atoms with E-state index in [1.807, 2.05) is 0 Å². The predicted molar refractivity (Wildman–Crippen MR) is 37.9 cm³/mol. The molecule has 0 spiro atoms. The minimum absolute atomic E-state index is 0.00694. The SMILES string of the molecule is CC(=O)O.OCc1ccco1. The number of carbonyl (C=O) groups is 1. The first-order valence-electron chi connectivity index (χ1n) is 2.99. The van der Waals surface area contributed by atoms with Crippen LogP contribution in [0.2, 0.25) is 0 Å². The summed E-state index contributed by atoms with van der Waals surface area (Å²) in [5.74, 6) is -0.222. The summed E-state index contributed by atoms with van der Waals surface area (Å²) in [5.41, 5.74) is 0. The molecule has 0 radical (unpaired) electrons. The van der Waals surface area contributed by atoms with Gasteiger partial charge < -0.3 is 14.6 Å². The van der Waals surface area contributed by atoms with Crippen molar-refractivity contribution in [2.24, 2.45) is 0 Å². The predicted octanol–water partition coefficient (Wildman–Crippen LogP) is 0.863. The van der Waals surface area contributed by atoms with Gasteiger partial charge in [0.05, 0.1) is 6.26 Å². The molecule has 1 aromatic heterocycles. The minimum Gasteiger partial charge on any atom is -0.481 e. The maximum absolute atomic E-state index is 9.00. The van der Waals surface area contributed by atoms with Crippen molar-refractivity contribution in [3.63, 3.8) is 0 Å². The van der Waals surface area contributed by atoms with Crippen LogP contribution in [0.1, 0.15) is 12.7 Å². The zero-order valence-corrected chi connectivity index (χ0v) is 6.15. The first kappa shape index (κ1) is 9.71. The standard InChI is InChI=1S/C5H6O2.C2H4O2/c6-4-5-2-1-3-7-5;1-2(3)4/h1-3,6H,4H2;1H3,(H,3,4). The third-order valence-corrected chi connectivity index (χ3v) is 0.736. The fraction of sp³-hybridized carbons (Fsp3) is 0.286. The Bertz CT molecular complexity index is 186. The molecule has 2 N–H and O–H groups in total. The molecule has 62 valence electrons. The highest BCUT2D eigenvalue weighted by atomic mass is 16.4. The second-order valence-electron chi connectivity index (χ2n) is 1.76. The van der Waals surface area contributed by atoms with E-state index in [-0.39, 0.29) is 6.61 Å². The van der Waals surface area contributed by atoms with Crippen molar-refractivity contribution in [2.75, 3.05) is 0 Å². The molecule has 0 aliphatic rings. The monoisotopic (exact) mass is 158 g/mol. The first-order valence-corrected chi connectivity index (χ1v) is 2.99. The molecule has 4 heteroatoms. The maximum atomic E-state index is 9.00. The zero-order chi connectivity index (χ0) is 8.69. The van der Waals surface area contributed by atoms with Gasteiger partial charge in [0.25, 0.3) is 5.97 Å². The molecule has 0 aromatic carbocycles. The number of aliphatic hydroxyl groups excluding tert-OH is 1. The fourth-order valence-electron chi connectivity index (χ4n) is 0.403. The van der Waals surface area contributed by atoms with Gasteiger partial charge in [-0.3, -0.25) is 4.79 Å². The van der Waals surface area contributed by atoms with E-state index < -0.39 is 5.97 Å². The summed E-state index contributed by atoms with van der Waals surface area (Å²) in [7, 11) is 0. The Labute approximate surface area is 64.1 Å². The average Bonchev–Trinajstić information content (AvgIpc) is 2.36. The van der Waals surface area contributed by atoms with E-state index in [0.717, 1.165) is 6.92 Å². The maximum Gasteiger partial charge on any atom is 0.300 e. The molecule has 0 saturated carbocycles. The Morgan fingerprint density at radius 2 is 2.27 bits per heavy atom. The molecule has 1 heterocycles. The third-order valence-electron chi connectivity index (χ3n) is 0.736. The zero-order valence-electron chi connectivity index (χ0n) is 6.15. The van der Waals surface area contributed by atoms with Crippen LogP contribution in [-0.2, 0) is 11.4 Å². The molecule has 1 aromatic rings. The minimum atomic E-state index is -0.833. The summed E-state index contributed by atoms with van der Waals surface area (Å²) in [4.78, 5) is 9.00. The summed E-state index contributed by atoms with van der Waals surface area (Å²) >= 11 is 0. The molecule has 0 amide bonds. The Morgan fingerprint density at radius 1 is 1.73 bits per heavy atom. The van der Waals surface area contributed by atoms with Crippen LogP contribution in [0.25, 0.3) is 0 Å². The molecule has 0 aliphatic carbocycles. The largest absolute Gasteiger partial charge is 0.481 e. The number of hydrogen-bond acceptors (Lipinski definition) is 3. The molecular weight excluding hydrogens is 148 g/mol. The normalized spacial score (nSPS) is 8.18. The van der Waals surface area contributed by atoms with Gasteiger partial charge in [0.2, 0.25) is 0 Å². The quantitative estimate of drug-likeness (QED) is 0.636. The smallest absolute Gasteiger partial charge is 0.300 e. The van der Waals surface area contributed by atoms with Gasteiger partial charge in [-0.2, -0.15) is 0 Å². The molecular formula is C7H10O4. The first-order chi connectivity index (χ1) is 5.16. The van der Waals surface area contributed by atoms with E-state index in [1.165, 1.54) is 6.26 Å². The van der Waals surface area contributed by atoms with E-state index in [4.69, 9.17) is 19.4 Å². The van der Waals surface area contributed by atoms with Gasteiger partial charge in [0.15, 0.2) is 0 Å². The lowest BCUT2D eigenvalue weighted by atomic mass is 10.5. The summed E-state index contributed by atoms with van der Waals surface area (Å²) in [6.45, 7) is 1.08. The highest BCUT2D eigenvalue weighted by Crippen LogP contribution is 1.96. The van der Waals surface area contributed by atoms with Crippen LogP contribution < -0.4 is 0 Å². The van der Waals surface area contributed by atoms with Gasteiger partial charge in [-0.1, -0.05) is 0 Å². The molecule has 0 aliphatic heterocycles. The lowest BCUT2D eigenvalue weighted by molar-refractivity contribution is -0.134. The Balaban J connectivity index is 0.000000218. The van der Waals surface area contributed by atoms with Crippen molar-refractivity contribution in [1.82, 2.24) is 0 Å². The van der Waals surface area contributed by atoms with Crippen LogP contribution >= 0.6 is 0 Å². The topological polar surface area (TPSA) is 70.7 Å². The van der Waals surface area contributed by atoms with Gasteiger partial charge in [0.1, 0.15) is 12.4 Å². The van der Waals surface area contributed by atoms with E-state index in [1.54, 1.807) is 12.1 Å². The molecule has 4 nitrogen and oxygen atoms in total. The second-order valence-corrected chi connectivity index (χ2v) is 1.76. The van der Waals surface area contributed by atoms with Crippen molar-refractivity contribution in [3.8, 4) is 0 Å². The molecule has 0 atom stereocenters. The Morgan fingerprint density at radius 3 is 2.45 bits per heavy atom. The summed E-state index contributed by atoms with van der Waals surface area (Å²) < 4.78 is 4.73. The lowest BCUT2D eigenvalue weighted by Gasteiger charge is -1.79. The molecule has 0 bridgehead atoms. The van der Waals surface area contributed by atoms with E-state index in [2.05, 4.69) is 0 Å². The van der Waals surface area contributed by atoms with Gasteiger partial charge in [-0.15, -0.1) is 0 Å². The van der Waals surface area contributed by atoms with Crippen molar-refractivity contribution in [3.05, 3.63) is 24.2 Å². The van der Waals surface area contributed by atoms with E-state index in [9.17, 15) is 0 Å². The number of carboxylic acids is 1. The van der Waals surface area contributed by atoms with Crippen LogP contribution in [0.3, 0.4) is 0 Å². The van der Waals surface area contributed by atoms with Gasteiger partial charge in [-0.05, 0) is 12.1 Å². The molecule has 0 unspecified atom stereocenters. The van der Waals surface area contributed by atoms with E-state index >= 15 is 0 Å². The van der Waals surface area contributed by atoms with Gasteiger partial charge in [-0.25, -0.2) is 0 Å². The van der Waals surface area contributed by atoms with Crippen LogP contribution in [0.5, 0.6) is 0 Å². The Hall–Kier alpha value is -1.29. The second kappa shape index (κ2) is 5.49.